The molecule has 1 heterocycles. The minimum atomic E-state index is -0.547. The van der Waals surface area contributed by atoms with Gasteiger partial charge >= 0.3 is 11.8 Å². The van der Waals surface area contributed by atoms with Gasteiger partial charge in [-0.2, -0.15) is 0 Å². The van der Waals surface area contributed by atoms with Crippen LogP contribution in [0.5, 0.6) is 0 Å². The van der Waals surface area contributed by atoms with Gasteiger partial charge in [0.2, 0.25) is 0 Å². The lowest BCUT2D eigenvalue weighted by Crippen LogP contribution is -2.50. The number of hydrogen-bond acceptors (Lipinski definition) is 4. The van der Waals surface area contributed by atoms with Crippen LogP contribution in [0.4, 0.5) is 0 Å². The molecule has 0 atom stereocenters. The van der Waals surface area contributed by atoms with Gasteiger partial charge in [-0.3, -0.25) is 9.59 Å². The van der Waals surface area contributed by atoms with Gasteiger partial charge in [-0.05, 0) is 38.5 Å². The zero-order valence-corrected chi connectivity index (χ0v) is 14.5. The fourth-order valence-corrected chi connectivity index (χ4v) is 3.01. The Balaban J connectivity index is 2.01. The number of likely N-dealkylation sites (tertiary alicyclic amines) is 1. The van der Waals surface area contributed by atoms with E-state index >= 15 is 0 Å². The fourth-order valence-electron chi connectivity index (χ4n) is 3.01. The summed E-state index contributed by atoms with van der Waals surface area (Å²) in [6.45, 7) is 2.18. The molecule has 24 heavy (non-hydrogen) atoms. The Hall–Kier alpha value is -1.92. The van der Waals surface area contributed by atoms with Crippen molar-refractivity contribution in [1.29, 1.82) is 0 Å². The molecule has 2 amide bonds. The summed E-state index contributed by atoms with van der Waals surface area (Å²) in [6.07, 6.45) is 1.76. The number of nitrogens with zero attached hydrogens (tertiary/aromatic N) is 3. The number of hydrogen-bond donors (Lipinski definition) is 1. The Bertz CT molecular complexity index is 542. The van der Waals surface area contributed by atoms with Gasteiger partial charge in [-0.25, -0.2) is 0 Å². The Labute approximate surface area is 143 Å². The highest BCUT2D eigenvalue weighted by molar-refractivity contribution is 6.34. The lowest BCUT2D eigenvalue weighted by Gasteiger charge is -2.35. The third-order valence-electron chi connectivity index (χ3n) is 4.61. The summed E-state index contributed by atoms with van der Waals surface area (Å²) < 4.78 is 0. The molecule has 0 bridgehead atoms. The molecule has 132 valence electrons. The Kier molecular flexibility index (Phi) is 6.75. The molecule has 1 saturated heterocycles. The summed E-state index contributed by atoms with van der Waals surface area (Å²) in [5.41, 5.74) is 0.939. The summed E-state index contributed by atoms with van der Waals surface area (Å²) in [7, 11) is 3.77. The van der Waals surface area contributed by atoms with Crippen molar-refractivity contribution < 1.29 is 14.7 Å². The first-order valence-electron chi connectivity index (χ1n) is 8.42. The number of rotatable bonds is 5. The van der Waals surface area contributed by atoms with Gasteiger partial charge in [0, 0.05) is 26.2 Å². The highest BCUT2D eigenvalue weighted by Crippen LogP contribution is 2.15. The van der Waals surface area contributed by atoms with Crippen molar-refractivity contribution in [2.75, 3.05) is 40.3 Å². The van der Waals surface area contributed by atoms with Crippen molar-refractivity contribution in [2.24, 2.45) is 0 Å². The van der Waals surface area contributed by atoms with Gasteiger partial charge in [0.15, 0.2) is 0 Å². The molecule has 0 aromatic heterocycles. The number of aliphatic hydroxyl groups is 1. The van der Waals surface area contributed by atoms with Crippen molar-refractivity contribution >= 4 is 11.8 Å². The van der Waals surface area contributed by atoms with Crippen LogP contribution in [0.25, 0.3) is 0 Å². The Morgan fingerprint density at radius 3 is 2.38 bits per heavy atom. The van der Waals surface area contributed by atoms with Gasteiger partial charge in [-0.15, -0.1) is 0 Å². The molecule has 1 N–H and O–H groups in total. The maximum absolute atomic E-state index is 12.6. The van der Waals surface area contributed by atoms with E-state index in [1.807, 2.05) is 30.3 Å². The molecule has 0 aliphatic carbocycles. The van der Waals surface area contributed by atoms with Crippen LogP contribution in [0.3, 0.4) is 0 Å². The first-order chi connectivity index (χ1) is 11.5. The predicted molar refractivity (Wildman–Crippen MR) is 92.2 cm³/mol. The molecule has 0 radical (unpaired) electrons. The van der Waals surface area contributed by atoms with Crippen molar-refractivity contribution in [1.82, 2.24) is 14.7 Å². The molecule has 0 spiro atoms. The predicted octanol–water partition coefficient (Wildman–Crippen LogP) is 0.560. The highest BCUT2D eigenvalue weighted by Gasteiger charge is 2.30. The molecule has 1 aliphatic rings. The average Bonchev–Trinajstić information content (AvgIpc) is 2.61. The van der Waals surface area contributed by atoms with Crippen LogP contribution in [0.2, 0.25) is 0 Å². The minimum absolute atomic E-state index is 0.102. The Morgan fingerprint density at radius 1 is 1.17 bits per heavy atom. The number of likely N-dealkylation sites (N-methyl/N-ethyl adjacent to an activating group) is 1. The third-order valence-corrected chi connectivity index (χ3v) is 4.61. The Morgan fingerprint density at radius 2 is 1.79 bits per heavy atom. The van der Waals surface area contributed by atoms with Gasteiger partial charge in [0.1, 0.15) is 0 Å². The zero-order chi connectivity index (χ0) is 17.5. The second kappa shape index (κ2) is 8.80. The fraction of sp³-hybridized carbons (Fsp3) is 0.556. The van der Waals surface area contributed by atoms with Crippen molar-refractivity contribution in [3.8, 4) is 0 Å². The van der Waals surface area contributed by atoms with E-state index in [9.17, 15) is 14.7 Å². The summed E-state index contributed by atoms with van der Waals surface area (Å²) in [6, 6.07) is 9.60. The van der Waals surface area contributed by atoms with E-state index < -0.39 is 11.8 Å². The maximum atomic E-state index is 12.6. The number of piperidine rings is 1. The van der Waals surface area contributed by atoms with Crippen LogP contribution in [0, 0.1) is 0 Å². The van der Waals surface area contributed by atoms with E-state index in [1.165, 1.54) is 4.90 Å². The number of benzene rings is 1. The van der Waals surface area contributed by atoms with E-state index in [0.29, 0.717) is 6.54 Å². The lowest BCUT2D eigenvalue weighted by atomic mass is 10.0. The van der Waals surface area contributed by atoms with Crippen molar-refractivity contribution in [2.45, 2.75) is 25.4 Å². The monoisotopic (exact) mass is 333 g/mol. The van der Waals surface area contributed by atoms with Crippen LogP contribution in [-0.4, -0.2) is 78.0 Å². The van der Waals surface area contributed by atoms with E-state index in [4.69, 9.17) is 0 Å². The number of aliphatic hydroxyl groups excluding tert-OH is 1. The number of carbonyl (C=O) groups excluding carboxylic acids is 2. The molecule has 1 fully saturated rings. The van der Waals surface area contributed by atoms with E-state index in [1.54, 1.807) is 11.9 Å². The standard InChI is InChI=1S/C18H27N3O3/c1-19-10-8-16(9-11-19)20(2)17(23)18(24)21(12-13-22)14-15-6-4-3-5-7-15/h3-7,16,22H,8-14H2,1-2H3. The molecule has 2 rings (SSSR count). The quantitative estimate of drug-likeness (QED) is 0.800. The first-order valence-corrected chi connectivity index (χ1v) is 8.42. The SMILES string of the molecule is CN1CCC(N(C)C(=O)C(=O)N(CCO)Cc2ccccc2)CC1. The van der Waals surface area contributed by atoms with E-state index in [0.717, 1.165) is 31.5 Å². The molecule has 0 unspecified atom stereocenters. The molecule has 6 heteroatoms. The molecular weight excluding hydrogens is 306 g/mol. The molecule has 6 nitrogen and oxygen atoms in total. The lowest BCUT2D eigenvalue weighted by molar-refractivity contribution is -0.153. The van der Waals surface area contributed by atoms with Gasteiger partial charge in [0.05, 0.1) is 6.61 Å². The average molecular weight is 333 g/mol. The summed E-state index contributed by atoms with van der Waals surface area (Å²) in [5.74, 6) is -1.04. The third kappa shape index (κ3) is 4.79. The number of carbonyl (C=O) groups is 2. The van der Waals surface area contributed by atoms with Crippen LogP contribution in [-0.2, 0) is 16.1 Å². The maximum Gasteiger partial charge on any atom is 0.312 e. The first kappa shape index (κ1) is 18.4. The van der Waals surface area contributed by atoms with Crippen LogP contribution in [0.1, 0.15) is 18.4 Å². The van der Waals surface area contributed by atoms with Gasteiger partial charge < -0.3 is 19.8 Å². The van der Waals surface area contributed by atoms with E-state index in [-0.39, 0.29) is 19.2 Å². The van der Waals surface area contributed by atoms with Gasteiger partial charge in [0.25, 0.3) is 0 Å². The summed E-state index contributed by atoms with van der Waals surface area (Å²) >= 11 is 0. The zero-order valence-electron chi connectivity index (χ0n) is 14.5. The minimum Gasteiger partial charge on any atom is -0.395 e. The number of amides is 2. The summed E-state index contributed by atoms with van der Waals surface area (Å²) in [4.78, 5) is 30.4. The van der Waals surface area contributed by atoms with Crippen LogP contribution in [0.15, 0.2) is 30.3 Å². The second-order valence-corrected chi connectivity index (χ2v) is 6.39. The molecule has 1 aliphatic heterocycles. The highest BCUT2D eigenvalue weighted by atomic mass is 16.3. The smallest absolute Gasteiger partial charge is 0.312 e. The topological polar surface area (TPSA) is 64.1 Å². The van der Waals surface area contributed by atoms with Crippen molar-refractivity contribution in [3.05, 3.63) is 35.9 Å². The molecule has 0 saturated carbocycles. The van der Waals surface area contributed by atoms with Crippen LogP contribution >= 0.6 is 0 Å². The second-order valence-electron chi connectivity index (χ2n) is 6.39. The van der Waals surface area contributed by atoms with E-state index in [2.05, 4.69) is 11.9 Å². The molecule has 1 aromatic carbocycles. The molecular formula is C18H27N3O3. The summed E-state index contributed by atoms with van der Waals surface area (Å²) in [5, 5.41) is 9.24. The largest absolute Gasteiger partial charge is 0.395 e. The normalized spacial score (nSPS) is 16.0. The van der Waals surface area contributed by atoms with Crippen LogP contribution < -0.4 is 0 Å². The molecule has 1 aromatic rings. The van der Waals surface area contributed by atoms with Crippen molar-refractivity contribution in [3.63, 3.8) is 0 Å². The van der Waals surface area contributed by atoms with Gasteiger partial charge in [-0.1, -0.05) is 30.3 Å².